The highest BCUT2D eigenvalue weighted by molar-refractivity contribution is 5.86. The minimum Gasteiger partial charge on any atom is -0.444 e. The Bertz CT molecular complexity index is 770. The van der Waals surface area contributed by atoms with Crippen molar-refractivity contribution in [1.82, 2.24) is 10.6 Å². The van der Waals surface area contributed by atoms with E-state index in [0.717, 1.165) is 56.4 Å². The van der Waals surface area contributed by atoms with E-state index in [9.17, 15) is 4.79 Å². The normalized spacial score (nSPS) is 24.9. The number of piperidine rings is 1. The summed E-state index contributed by atoms with van der Waals surface area (Å²) >= 11 is 0. The van der Waals surface area contributed by atoms with Gasteiger partial charge in [0.05, 0.1) is 12.7 Å². The van der Waals surface area contributed by atoms with Crippen molar-refractivity contribution in [2.45, 2.75) is 90.4 Å². The van der Waals surface area contributed by atoms with Gasteiger partial charge in [0.15, 0.2) is 0 Å². The highest BCUT2D eigenvalue weighted by Gasteiger charge is 2.30. The first-order valence-corrected chi connectivity index (χ1v) is 12.9. The minimum atomic E-state index is -0.492. The number of carbonyl (C=O) groups is 1. The Kier molecular flexibility index (Phi) is 11.3. The number of ether oxygens (including phenoxy) is 2. The maximum Gasteiger partial charge on any atom is 0.407 e. The van der Waals surface area contributed by atoms with Crippen molar-refractivity contribution >= 4 is 18.0 Å². The van der Waals surface area contributed by atoms with Crippen LogP contribution in [0.2, 0.25) is 0 Å². The molecule has 1 aliphatic carbocycles. The fraction of sp³-hybridized carbons (Fsp3) is 0.704. The molecule has 34 heavy (non-hydrogen) atoms. The molecule has 2 aliphatic rings. The number of amides is 1. The van der Waals surface area contributed by atoms with Crippen molar-refractivity contribution in [3.8, 4) is 0 Å². The van der Waals surface area contributed by atoms with Crippen LogP contribution in [0.4, 0.5) is 10.5 Å². The molecular weight excluding hydrogens is 428 g/mol. The maximum absolute atomic E-state index is 12.2. The maximum atomic E-state index is 12.2. The molecule has 1 saturated carbocycles. The van der Waals surface area contributed by atoms with Crippen molar-refractivity contribution in [2.75, 3.05) is 32.1 Å². The second-order valence-corrected chi connectivity index (χ2v) is 10.1. The summed E-state index contributed by atoms with van der Waals surface area (Å²) in [4.78, 5) is 12.2. The standard InChI is InChI=1S/C25H40N4O3.C2H6/c1-25(2,3)32-24(30)29-23-11-12-28-15-20(23)16-31-21-8-5-17(6-9-21)18-7-10-22(27-4)19(13-18)14-26;1-2/h7,10,13-14,17,20-21,23,26-28H,5-6,8-9,11-12,15-16H2,1-4H3,(H,29,30);1-2H3. The molecule has 0 radical (unpaired) electrons. The molecule has 192 valence electrons. The molecule has 4 N–H and O–H groups in total. The van der Waals surface area contributed by atoms with Gasteiger partial charge in [-0.2, -0.15) is 0 Å². The molecule has 0 spiro atoms. The number of hydrogen-bond acceptors (Lipinski definition) is 6. The third-order valence-corrected chi connectivity index (χ3v) is 6.50. The van der Waals surface area contributed by atoms with Crippen LogP contribution in [0.1, 0.15) is 83.8 Å². The van der Waals surface area contributed by atoms with Gasteiger partial charge in [0.25, 0.3) is 0 Å². The van der Waals surface area contributed by atoms with Crippen LogP contribution in [0.3, 0.4) is 0 Å². The zero-order valence-electron chi connectivity index (χ0n) is 22.0. The molecule has 2 unspecified atom stereocenters. The fourth-order valence-corrected chi connectivity index (χ4v) is 4.75. The van der Waals surface area contributed by atoms with Gasteiger partial charge in [-0.25, -0.2) is 4.79 Å². The summed E-state index contributed by atoms with van der Waals surface area (Å²) < 4.78 is 11.8. The number of rotatable bonds is 7. The first-order valence-electron chi connectivity index (χ1n) is 12.9. The van der Waals surface area contributed by atoms with E-state index in [1.807, 2.05) is 41.7 Å². The van der Waals surface area contributed by atoms with E-state index in [-0.39, 0.29) is 24.2 Å². The number of hydrogen-bond donors (Lipinski definition) is 4. The number of anilines is 1. The van der Waals surface area contributed by atoms with Crippen molar-refractivity contribution in [2.24, 2.45) is 5.92 Å². The lowest BCUT2D eigenvalue weighted by Gasteiger charge is -2.35. The lowest BCUT2D eigenvalue weighted by Crippen LogP contribution is -2.52. The molecule has 7 heteroatoms. The molecule has 2 fully saturated rings. The quantitative estimate of drug-likeness (QED) is 0.402. The second-order valence-electron chi connectivity index (χ2n) is 10.1. The molecule has 1 amide bonds. The molecule has 7 nitrogen and oxygen atoms in total. The molecule has 3 rings (SSSR count). The highest BCUT2D eigenvalue weighted by Crippen LogP contribution is 2.35. The first kappa shape index (κ1) is 28.1. The number of benzene rings is 1. The van der Waals surface area contributed by atoms with Crippen molar-refractivity contribution in [3.63, 3.8) is 0 Å². The van der Waals surface area contributed by atoms with Crippen LogP contribution in [0.15, 0.2) is 18.2 Å². The summed E-state index contributed by atoms with van der Waals surface area (Å²) in [6.07, 6.45) is 6.53. The van der Waals surface area contributed by atoms with Crippen molar-refractivity contribution in [1.29, 1.82) is 5.41 Å². The topological polar surface area (TPSA) is 95.5 Å². The number of alkyl carbamates (subject to hydrolysis) is 1. The molecule has 1 saturated heterocycles. The van der Waals surface area contributed by atoms with Crippen LogP contribution in [0, 0.1) is 11.3 Å². The van der Waals surface area contributed by atoms with Crippen molar-refractivity contribution in [3.05, 3.63) is 29.3 Å². The fourth-order valence-electron chi connectivity index (χ4n) is 4.75. The summed E-state index contributed by atoms with van der Waals surface area (Å²) in [7, 11) is 1.89. The van der Waals surface area contributed by atoms with E-state index >= 15 is 0 Å². The lowest BCUT2D eigenvalue weighted by atomic mass is 9.82. The van der Waals surface area contributed by atoms with Gasteiger partial charge >= 0.3 is 6.09 Å². The third-order valence-electron chi connectivity index (χ3n) is 6.50. The Morgan fingerprint density at radius 3 is 2.50 bits per heavy atom. The van der Waals surface area contributed by atoms with Crippen LogP contribution >= 0.6 is 0 Å². The first-order chi connectivity index (χ1) is 16.3. The van der Waals surface area contributed by atoms with Crippen LogP contribution in [0.5, 0.6) is 0 Å². The van der Waals surface area contributed by atoms with Gasteiger partial charge in [-0.1, -0.05) is 19.9 Å². The summed E-state index contributed by atoms with van der Waals surface area (Å²) in [6.45, 7) is 12.0. The predicted octanol–water partition coefficient (Wildman–Crippen LogP) is 5.30. The van der Waals surface area contributed by atoms with Gasteiger partial charge in [-0.3, -0.25) is 0 Å². The number of carbonyl (C=O) groups excluding carboxylic acids is 1. The molecule has 2 atom stereocenters. The smallest absolute Gasteiger partial charge is 0.407 e. The third kappa shape index (κ3) is 8.58. The van der Waals surface area contributed by atoms with Crippen LogP contribution in [0.25, 0.3) is 0 Å². The van der Waals surface area contributed by atoms with E-state index in [1.165, 1.54) is 11.8 Å². The Morgan fingerprint density at radius 1 is 1.18 bits per heavy atom. The second kappa shape index (κ2) is 13.7. The zero-order valence-corrected chi connectivity index (χ0v) is 22.0. The average molecular weight is 475 g/mol. The summed E-state index contributed by atoms with van der Waals surface area (Å²) in [5.74, 6) is 0.774. The van der Waals surface area contributed by atoms with Gasteiger partial charge in [0.1, 0.15) is 5.60 Å². The van der Waals surface area contributed by atoms with Gasteiger partial charge in [-0.05, 0) is 83.0 Å². The zero-order chi connectivity index (χ0) is 25.1. The summed E-state index contributed by atoms with van der Waals surface area (Å²) in [5, 5.41) is 17.3. The van der Waals surface area contributed by atoms with Crippen LogP contribution in [-0.2, 0) is 9.47 Å². The van der Waals surface area contributed by atoms with Crippen LogP contribution in [-0.4, -0.2) is 56.8 Å². The van der Waals surface area contributed by atoms with Crippen LogP contribution < -0.4 is 16.0 Å². The van der Waals surface area contributed by atoms with Gasteiger partial charge < -0.3 is 30.8 Å². The molecule has 0 bridgehead atoms. The predicted molar refractivity (Wildman–Crippen MR) is 140 cm³/mol. The van der Waals surface area contributed by atoms with E-state index in [2.05, 4.69) is 34.1 Å². The van der Waals surface area contributed by atoms with E-state index < -0.39 is 5.60 Å². The monoisotopic (exact) mass is 474 g/mol. The van der Waals surface area contributed by atoms with Gasteiger partial charge in [0, 0.05) is 43.0 Å². The molecule has 1 aromatic rings. The average Bonchev–Trinajstić information content (AvgIpc) is 2.83. The lowest BCUT2D eigenvalue weighted by molar-refractivity contribution is -0.00773. The molecular formula is C27H46N4O3. The Labute approximate surface area is 206 Å². The SMILES string of the molecule is CC.CNc1ccc(C2CCC(OCC3CNCCC3NC(=O)OC(C)(C)C)CC2)cc1C=N. The molecule has 1 aliphatic heterocycles. The summed E-state index contributed by atoms with van der Waals surface area (Å²) in [6, 6.07) is 6.48. The number of nitrogens with one attached hydrogen (secondary N) is 4. The molecule has 0 aromatic heterocycles. The Morgan fingerprint density at radius 2 is 1.88 bits per heavy atom. The largest absolute Gasteiger partial charge is 0.444 e. The minimum absolute atomic E-state index is 0.0765. The Hall–Kier alpha value is -2.12. The Balaban J connectivity index is 0.00000199. The van der Waals surface area contributed by atoms with E-state index in [0.29, 0.717) is 12.5 Å². The molecule has 1 aromatic carbocycles. The highest BCUT2D eigenvalue weighted by atomic mass is 16.6. The van der Waals surface area contributed by atoms with E-state index in [4.69, 9.17) is 14.9 Å². The molecule has 1 heterocycles. The van der Waals surface area contributed by atoms with E-state index in [1.54, 1.807) is 0 Å². The van der Waals surface area contributed by atoms with Gasteiger partial charge in [-0.15, -0.1) is 0 Å². The van der Waals surface area contributed by atoms with Gasteiger partial charge in [0.2, 0.25) is 0 Å². The van der Waals surface area contributed by atoms with Crippen molar-refractivity contribution < 1.29 is 14.3 Å². The summed E-state index contributed by atoms with van der Waals surface area (Å²) in [5.41, 5.74) is 2.77.